The van der Waals surface area contributed by atoms with E-state index in [1.165, 1.54) is 7.11 Å². The van der Waals surface area contributed by atoms with Crippen molar-refractivity contribution in [1.82, 2.24) is 0 Å². The molecule has 0 amide bonds. The SMILES string of the molecule is CCCc1cc(CO)ccc1OC(C(=O)OC)c1ccccc1. The Labute approximate surface area is 136 Å². The highest BCUT2D eigenvalue weighted by atomic mass is 16.6. The quantitative estimate of drug-likeness (QED) is 0.796. The largest absolute Gasteiger partial charge is 0.474 e. The number of aryl methyl sites for hydroxylation is 1. The van der Waals surface area contributed by atoms with Gasteiger partial charge in [0.05, 0.1) is 13.7 Å². The molecule has 0 aliphatic carbocycles. The second-order valence-electron chi connectivity index (χ2n) is 5.28. The first-order chi connectivity index (χ1) is 11.2. The van der Waals surface area contributed by atoms with Crippen molar-refractivity contribution < 1.29 is 19.4 Å². The fourth-order valence-electron chi connectivity index (χ4n) is 2.42. The molecular formula is C19H22O4. The molecule has 0 heterocycles. The van der Waals surface area contributed by atoms with Gasteiger partial charge in [0, 0.05) is 5.56 Å². The summed E-state index contributed by atoms with van der Waals surface area (Å²) in [6.07, 6.45) is 0.947. The van der Waals surface area contributed by atoms with E-state index in [1.54, 1.807) is 12.1 Å². The molecule has 1 atom stereocenters. The summed E-state index contributed by atoms with van der Waals surface area (Å²) in [5.74, 6) is 0.202. The normalized spacial score (nSPS) is 11.8. The number of carbonyl (C=O) groups excluding carboxylic acids is 1. The lowest BCUT2D eigenvalue weighted by atomic mass is 10.0. The summed E-state index contributed by atoms with van der Waals surface area (Å²) >= 11 is 0. The van der Waals surface area contributed by atoms with Crippen LogP contribution in [0.2, 0.25) is 0 Å². The van der Waals surface area contributed by atoms with E-state index >= 15 is 0 Å². The Morgan fingerprint density at radius 1 is 1.17 bits per heavy atom. The number of benzene rings is 2. The molecule has 2 aromatic carbocycles. The highest BCUT2D eigenvalue weighted by Crippen LogP contribution is 2.28. The Kier molecular flexibility index (Phi) is 6.18. The zero-order valence-electron chi connectivity index (χ0n) is 13.5. The lowest BCUT2D eigenvalue weighted by molar-refractivity contribution is -0.149. The van der Waals surface area contributed by atoms with Gasteiger partial charge in [-0.15, -0.1) is 0 Å². The number of aliphatic hydroxyl groups excluding tert-OH is 1. The third-order valence-electron chi connectivity index (χ3n) is 3.59. The molecule has 0 spiro atoms. The molecule has 122 valence electrons. The molecule has 0 saturated heterocycles. The van der Waals surface area contributed by atoms with Gasteiger partial charge in [-0.1, -0.05) is 49.7 Å². The third kappa shape index (κ3) is 4.33. The zero-order chi connectivity index (χ0) is 16.7. The van der Waals surface area contributed by atoms with Crippen LogP contribution in [-0.4, -0.2) is 18.2 Å². The standard InChI is InChI=1S/C19H22O4/c1-3-7-16-12-14(13-20)10-11-17(16)23-18(19(21)22-2)15-8-5-4-6-9-15/h4-6,8-12,18,20H,3,7,13H2,1-2H3. The molecule has 4 heteroatoms. The maximum atomic E-state index is 12.1. The van der Waals surface area contributed by atoms with Gasteiger partial charge in [0.1, 0.15) is 5.75 Å². The first-order valence-electron chi connectivity index (χ1n) is 7.71. The highest BCUT2D eigenvalue weighted by Gasteiger charge is 2.24. The van der Waals surface area contributed by atoms with Crippen molar-refractivity contribution in [3.8, 4) is 5.75 Å². The van der Waals surface area contributed by atoms with Gasteiger partial charge in [-0.3, -0.25) is 0 Å². The second-order valence-corrected chi connectivity index (χ2v) is 5.28. The van der Waals surface area contributed by atoms with Crippen LogP contribution < -0.4 is 4.74 Å². The zero-order valence-corrected chi connectivity index (χ0v) is 13.5. The average Bonchev–Trinajstić information content (AvgIpc) is 2.61. The molecule has 2 rings (SSSR count). The van der Waals surface area contributed by atoms with Crippen molar-refractivity contribution in [2.45, 2.75) is 32.5 Å². The van der Waals surface area contributed by atoms with Crippen LogP contribution in [0.1, 0.15) is 36.1 Å². The summed E-state index contributed by atoms with van der Waals surface area (Å²) < 4.78 is 10.9. The molecule has 23 heavy (non-hydrogen) atoms. The van der Waals surface area contributed by atoms with Gasteiger partial charge < -0.3 is 14.6 Å². The van der Waals surface area contributed by atoms with Crippen LogP contribution in [0.4, 0.5) is 0 Å². The second kappa shape index (κ2) is 8.34. The Bertz CT molecular complexity index is 637. The summed E-state index contributed by atoms with van der Waals surface area (Å²) in [7, 11) is 1.35. The van der Waals surface area contributed by atoms with E-state index in [0.717, 1.165) is 29.5 Å². The minimum Gasteiger partial charge on any atom is -0.474 e. The molecule has 0 aromatic heterocycles. The van der Waals surface area contributed by atoms with Gasteiger partial charge in [0.25, 0.3) is 0 Å². The Morgan fingerprint density at radius 2 is 1.91 bits per heavy atom. The van der Waals surface area contributed by atoms with E-state index in [4.69, 9.17) is 9.47 Å². The minimum absolute atomic E-state index is 0.0177. The first kappa shape index (κ1) is 17.0. The van der Waals surface area contributed by atoms with E-state index < -0.39 is 12.1 Å². The van der Waals surface area contributed by atoms with Crippen LogP contribution in [0.25, 0.3) is 0 Å². The smallest absolute Gasteiger partial charge is 0.351 e. The molecule has 1 N–H and O–H groups in total. The number of carbonyl (C=O) groups is 1. The third-order valence-corrected chi connectivity index (χ3v) is 3.59. The monoisotopic (exact) mass is 314 g/mol. The topological polar surface area (TPSA) is 55.8 Å². The fourth-order valence-corrected chi connectivity index (χ4v) is 2.42. The van der Waals surface area contributed by atoms with Crippen LogP contribution in [-0.2, 0) is 22.6 Å². The van der Waals surface area contributed by atoms with Gasteiger partial charge in [0.2, 0.25) is 6.10 Å². The van der Waals surface area contributed by atoms with Crippen molar-refractivity contribution in [3.63, 3.8) is 0 Å². The average molecular weight is 314 g/mol. The molecule has 0 aliphatic heterocycles. The van der Waals surface area contributed by atoms with Crippen LogP contribution in [0.5, 0.6) is 5.75 Å². The maximum absolute atomic E-state index is 12.1. The van der Waals surface area contributed by atoms with E-state index in [-0.39, 0.29) is 6.61 Å². The highest BCUT2D eigenvalue weighted by molar-refractivity contribution is 5.77. The molecule has 1 unspecified atom stereocenters. The molecule has 0 aliphatic rings. The molecule has 2 aromatic rings. The Balaban J connectivity index is 2.34. The van der Waals surface area contributed by atoms with E-state index in [0.29, 0.717) is 5.75 Å². The molecule has 0 radical (unpaired) electrons. The summed E-state index contributed by atoms with van der Waals surface area (Å²) in [4.78, 5) is 12.1. The van der Waals surface area contributed by atoms with Gasteiger partial charge in [-0.2, -0.15) is 0 Å². The van der Waals surface area contributed by atoms with E-state index in [9.17, 15) is 9.90 Å². The number of hydrogen-bond donors (Lipinski definition) is 1. The van der Waals surface area contributed by atoms with Crippen molar-refractivity contribution >= 4 is 5.97 Å². The predicted molar refractivity (Wildman–Crippen MR) is 88.2 cm³/mol. The lowest BCUT2D eigenvalue weighted by Crippen LogP contribution is -2.20. The minimum atomic E-state index is -0.809. The Morgan fingerprint density at radius 3 is 2.52 bits per heavy atom. The van der Waals surface area contributed by atoms with Crippen LogP contribution in [0, 0.1) is 0 Å². The van der Waals surface area contributed by atoms with Gasteiger partial charge in [-0.25, -0.2) is 4.79 Å². The van der Waals surface area contributed by atoms with Gasteiger partial charge >= 0.3 is 5.97 Å². The van der Waals surface area contributed by atoms with Crippen LogP contribution >= 0.6 is 0 Å². The lowest BCUT2D eigenvalue weighted by Gasteiger charge is -2.20. The molecule has 4 nitrogen and oxygen atoms in total. The van der Waals surface area contributed by atoms with E-state index in [1.807, 2.05) is 36.4 Å². The summed E-state index contributed by atoms with van der Waals surface area (Å²) in [6.45, 7) is 2.06. The van der Waals surface area contributed by atoms with Crippen LogP contribution in [0.15, 0.2) is 48.5 Å². The number of esters is 1. The van der Waals surface area contributed by atoms with Crippen molar-refractivity contribution in [2.75, 3.05) is 7.11 Å². The molecule has 0 fully saturated rings. The summed E-state index contributed by atoms with van der Waals surface area (Å²) in [5, 5.41) is 9.29. The number of aliphatic hydroxyl groups is 1. The number of methoxy groups -OCH3 is 1. The van der Waals surface area contributed by atoms with Crippen molar-refractivity contribution in [1.29, 1.82) is 0 Å². The van der Waals surface area contributed by atoms with Crippen molar-refractivity contribution in [3.05, 3.63) is 65.2 Å². The van der Waals surface area contributed by atoms with Crippen molar-refractivity contribution in [2.24, 2.45) is 0 Å². The maximum Gasteiger partial charge on any atom is 0.351 e. The molecular weight excluding hydrogens is 292 g/mol. The molecule has 0 bridgehead atoms. The number of hydrogen-bond acceptors (Lipinski definition) is 4. The molecule has 0 saturated carbocycles. The number of ether oxygens (including phenoxy) is 2. The summed E-state index contributed by atoms with van der Waals surface area (Å²) in [5.41, 5.74) is 2.55. The van der Waals surface area contributed by atoms with E-state index in [2.05, 4.69) is 6.92 Å². The fraction of sp³-hybridized carbons (Fsp3) is 0.316. The van der Waals surface area contributed by atoms with Gasteiger partial charge in [-0.05, 0) is 29.7 Å². The summed E-state index contributed by atoms with van der Waals surface area (Å²) in [6, 6.07) is 14.8. The first-order valence-corrected chi connectivity index (χ1v) is 7.71. The van der Waals surface area contributed by atoms with Crippen LogP contribution in [0.3, 0.4) is 0 Å². The number of rotatable bonds is 7. The Hall–Kier alpha value is -2.33. The van der Waals surface area contributed by atoms with Gasteiger partial charge in [0.15, 0.2) is 0 Å². The predicted octanol–water partition coefficient (Wildman–Crippen LogP) is 3.42.